The fourth-order valence-electron chi connectivity index (χ4n) is 1.96. The number of hydrogen-bond donors (Lipinski definition) is 2. The van der Waals surface area contributed by atoms with Gasteiger partial charge in [0.15, 0.2) is 11.6 Å². The second kappa shape index (κ2) is 8.44. The molecule has 0 bridgehead atoms. The van der Waals surface area contributed by atoms with Crippen LogP contribution >= 0.6 is 15.9 Å². The quantitative estimate of drug-likeness (QED) is 0.789. The molecule has 0 saturated carbocycles. The molecule has 0 fully saturated rings. The van der Waals surface area contributed by atoms with E-state index in [0.29, 0.717) is 11.3 Å². The van der Waals surface area contributed by atoms with Gasteiger partial charge in [0.2, 0.25) is 5.91 Å². The predicted octanol–water partition coefficient (Wildman–Crippen LogP) is 3.36. The lowest BCUT2D eigenvalue weighted by Gasteiger charge is -2.08. The van der Waals surface area contributed by atoms with Gasteiger partial charge in [0.05, 0.1) is 7.11 Å². The van der Waals surface area contributed by atoms with Gasteiger partial charge in [0, 0.05) is 34.8 Å². The third-order valence-electron chi connectivity index (χ3n) is 3.18. The van der Waals surface area contributed by atoms with Gasteiger partial charge in [-0.15, -0.1) is 0 Å². The van der Waals surface area contributed by atoms with Crippen LogP contribution in [0.15, 0.2) is 46.9 Å². The average Bonchev–Trinajstić information content (AvgIpc) is 2.55. The summed E-state index contributed by atoms with van der Waals surface area (Å²) in [4.78, 5) is 23.7. The molecular formula is C17H16BrFN2O3. The van der Waals surface area contributed by atoms with E-state index >= 15 is 0 Å². The van der Waals surface area contributed by atoms with Crippen LogP contribution in [0.3, 0.4) is 0 Å². The van der Waals surface area contributed by atoms with Crippen molar-refractivity contribution in [3.8, 4) is 5.75 Å². The zero-order chi connectivity index (χ0) is 17.5. The Morgan fingerprint density at radius 3 is 2.50 bits per heavy atom. The number of carbonyl (C=O) groups excluding carboxylic acids is 2. The maximum Gasteiger partial charge on any atom is 0.251 e. The molecule has 7 heteroatoms. The number of halogens is 2. The molecule has 2 amide bonds. The Labute approximate surface area is 147 Å². The summed E-state index contributed by atoms with van der Waals surface area (Å²) < 4.78 is 19.2. The van der Waals surface area contributed by atoms with Crippen molar-refractivity contribution in [1.82, 2.24) is 5.32 Å². The Balaban J connectivity index is 1.80. The van der Waals surface area contributed by atoms with E-state index in [-0.39, 0.29) is 30.5 Å². The molecule has 0 aliphatic rings. The van der Waals surface area contributed by atoms with E-state index in [1.54, 1.807) is 30.3 Å². The first-order valence-electron chi connectivity index (χ1n) is 7.17. The van der Waals surface area contributed by atoms with Gasteiger partial charge in [-0.2, -0.15) is 0 Å². The molecule has 0 aliphatic carbocycles. The van der Waals surface area contributed by atoms with E-state index in [4.69, 9.17) is 4.74 Å². The molecule has 0 heterocycles. The molecule has 5 nitrogen and oxygen atoms in total. The summed E-state index contributed by atoms with van der Waals surface area (Å²) in [7, 11) is 1.37. The maximum atomic E-state index is 13.5. The summed E-state index contributed by atoms with van der Waals surface area (Å²) in [6.07, 6.45) is 0.0793. The van der Waals surface area contributed by atoms with Gasteiger partial charge in [0.25, 0.3) is 5.91 Å². The molecule has 0 aromatic heterocycles. The third-order valence-corrected chi connectivity index (χ3v) is 3.71. The first-order valence-corrected chi connectivity index (χ1v) is 7.96. The minimum absolute atomic E-state index is 0.0793. The van der Waals surface area contributed by atoms with Crippen molar-refractivity contribution < 1.29 is 18.7 Å². The van der Waals surface area contributed by atoms with Gasteiger partial charge >= 0.3 is 0 Å². The Bertz CT molecular complexity index is 735. The zero-order valence-corrected chi connectivity index (χ0v) is 14.5. The van der Waals surface area contributed by atoms with Crippen LogP contribution in [0.2, 0.25) is 0 Å². The number of hydrogen-bond acceptors (Lipinski definition) is 3. The van der Waals surface area contributed by atoms with E-state index in [2.05, 4.69) is 26.6 Å². The molecule has 2 aromatic carbocycles. The standard InChI is InChI=1S/C17H16BrFN2O3/c1-24-15-7-6-13(10-14(15)19)21-16(22)8-9-20-17(23)11-2-4-12(18)5-3-11/h2-7,10H,8-9H2,1H3,(H,20,23)(H,21,22). The number of methoxy groups -OCH3 is 1. The zero-order valence-electron chi connectivity index (χ0n) is 12.9. The number of rotatable bonds is 6. The van der Waals surface area contributed by atoms with E-state index in [9.17, 15) is 14.0 Å². The molecule has 0 radical (unpaired) electrons. The minimum Gasteiger partial charge on any atom is -0.494 e. The smallest absolute Gasteiger partial charge is 0.251 e. The Kier molecular flexibility index (Phi) is 6.31. The second-order valence-electron chi connectivity index (χ2n) is 4.91. The van der Waals surface area contributed by atoms with Crippen LogP contribution in [0.4, 0.5) is 10.1 Å². The number of carbonyl (C=O) groups is 2. The van der Waals surface area contributed by atoms with Gasteiger partial charge in [0.1, 0.15) is 0 Å². The third kappa shape index (κ3) is 5.06. The minimum atomic E-state index is -0.557. The van der Waals surface area contributed by atoms with Crippen LogP contribution in [0, 0.1) is 5.82 Å². The molecule has 2 aromatic rings. The largest absolute Gasteiger partial charge is 0.494 e. The van der Waals surface area contributed by atoms with Crippen molar-refractivity contribution in [2.75, 3.05) is 19.0 Å². The topological polar surface area (TPSA) is 67.4 Å². The highest BCUT2D eigenvalue weighted by atomic mass is 79.9. The van der Waals surface area contributed by atoms with Crippen LogP contribution in [-0.2, 0) is 4.79 Å². The maximum absolute atomic E-state index is 13.5. The van der Waals surface area contributed by atoms with Gasteiger partial charge < -0.3 is 15.4 Å². The van der Waals surface area contributed by atoms with Crippen molar-refractivity contribution in [2.45, 2.75) is 6.42 Å². The van der Waals surface area contributed by atoms with Crippen LogP contribution in [0.5, 0.6) is 5.75 Å². The summed E-state index contributed by atoms with van der Waals surface area (Å²) in [6.45, 7) is 0.180. The normalized spacial score (nSPS) is 10.1. The summed E-state index contributed by atoms with van der Waals surface area (Å²) >= 11 is 3.29. The molecule has 0 atom stereocenters. The molecule has 2 N–H and O–H groups in total. The molecular weight excluding hydrogens is 379 g/mol. The van der Waals surface area contributed by atoms with E-state index in [1.165, 1.54) is 19.2 Å². The Hall–Kier alpha value is -2.41. The fourth-order valence-corrected chi connectivity index (χ4v) is 2.22. The number of amides is 2. The summed E-state index contributed by atoms with van der Waals surface area (Å²) in [5, 5.41) is 5.22. The van der Waals surface area contributed by atoms with E-state index < -0.39 is 5.82 Å². The van der Waals surface area contributed by atoms with E-state index in [1.807, 2.05) is 0 Å². The lowest BCUT2D eigenvalue weighted by molar-refractivity contribution is -0.116. The van der Waals surface area contributed by atoms with Crippen molar-refractivity contribution in [3.05, 3.63) is 58.3 Å². The molecule has 0 unspecified atom stereocenters. The van der Waals surface area contributed by atoms with Crippen LogP contribution in [0.1, 0.15) is 16.8 Å². The second-order valence-corrected chi connectivity index (χ2v) is 5.83. The Morgan fingerprint density at radius 1 is 1.17 bits per heavy atom. The van der Waals surface area contributed by atoms with Crippen molar-refractivity contribution >= 4 is 33.4 Å². The predicted molar refractivity (Wildman–Crippen MR) is 92.7 cm³/mol. The first-order chi connectivity index (χ1) is 11.5. The first kappa shape index (κ1) is 17.9. The Morgan fingerprint density at radius 2 is 1.88 bits per heavy atom. The van der Waals surface area contributed by atoms with E-state index in [0.717, 1.165) is 4.47 Å². The fraction of sp³-hybridized carbons (Fsp3) is 0.176. The van der Waals surface area contributed by atoms with Gasteiger partial charge in [-0.1, -0.05) is 15.9 Å². The monoisotopic (exact) mass is 394 g/mol. The SMILES string of the molecule is COc1ccc(NC(=O)CCNC(=O)c2ccc(Br)cc2)cc1F. The van der Waals surface area contributed by atoms with Crippen molar-refractivity contribution in [1.29, 1.82) is 0 Å². The summed E-state index contributed by atoms with van der Waals surface area (Å²) in [6, 6.07) is 11.0. The van der Waals surface area contributed by atoms with Crippen molar-refractivity contribution in [3.63, 3.8) is 0 Å². The van der Waals surface area contributed by atoms with Gasteiger partial charge in [-0.3, -0.25) is 9.59 Å². The number of ether oxygens (including phenoxy) is 1. The van der Waals surface area contributed by atoms with Crippen LogP contribution in [-0.4, -0.2) is 25.5 Å². The summed E-state index contributed by atoms with van der Waals surface area (Å²) in [5.41, 5.74) is 0.841. The number of nitrogens with one attached hydrogen (secondary N) is 2. The molecule has 2 rings (SSSR count). The molecule has 126 valence electrons. The molecule has 0 saturated heterocycles. The van der Waals surface area contributed by atoms with Gasteiger partial charge in [-0.25, -0.2) is 4.39 Å². The molecule has 24 heavy (non-hydrogen) atoms. The van der Waals surface area contributed by atoms with Crippen LogP contribution in [0.25, 0.3) is 0 Å². The highest BCUT2D eigenvalue weighted by Crippen LogP contribution is 2.20. The van der Waals surface area contributed by atoms with Crippen molar-refractivity contribution in [2.24, 2.45) is 0 Å². The number of anilines is 1. The lowest BCUT2D eigenvalue weighted by Crippen LogP contribution is -2.27. The summed E-state index contributed by atoms with van der Waals surface area (Å²) in [5.74, 6) is -1.03. The average molecular weight is 395 g/mol. The lowest BCUT2D eigenvalue weighted by atomic mass is 10.2. The van der Waals surface area contributed by atoms with Crippen LogP contribution < -0.4 is 15.4 Å². The highest BCUT2D eigenvalue weighted by molar-refractivity contribution is 9.10. The molecule has 0 aliphatic heterocycles. The number of benzene rings is 2. The highest BCUT2D eigenvalue weighted by Gasteiger charge is 2.08. The molecule has 0 spiro atoms. The van der Waals surface area contributed by atoms with Gasteiger partial charge in [-0.05, 0) is 36.4 Å².